The van der Waals surface area contributed by atoms with Gasteiger partial charge in [-0.3, -0.25) is 4.79 Å². The van der Waals surface area contributed by atoms with E-state index in [1.165, 1.54) is 0 Å². The predicted octanol–water partition coefficient (Wildman–Crippen LogP) is 2.37. The average Bonchev–Trinajstić information content (AvgIpc) is 2.97. The maximum Gasteiger partial charge on any atom is 0.232 e. The minimum Gasteiger partial charge on any atom is -0.343 e. The predicted molar refractivity (Wildman–Crippen MR) is 82.1 cm³/mol. The fraction of sp³-hybridized carbons (Fsp3) is 0.400. The molecular formula is C15H19ClN4O. The Bertz CT molecular complexity index is 610. The van der Waals surface area contributed by atoms with E-state index >= 15 is 0 Å². The van der Waals surface area contributed by atoms with Crippen LogP contribution >= 0.6 is 11.6 Å². The van der Waals surface area contributed by atoms with E-state index in [0.717, 1.165) is 5.56 Å². The monoisotopic (exact) mass is 306 g/mol. The molecule has 2 rings (SSSR count). The molecule has 0 radical (unpaired) electrons. The Morgan fingerprint density at radius 3 is 2.52 bits per heavy atom. The highest BCUT2D eigenvalue weighted by atomic mass is 35.5. The second-order valence-corrected chi connectivity index (χ2v) is 5.94. The summed E-state index contributed by atoms with van der Waals surface area (Å²) >= 11 is 6.22. The topological polar surface area (TPSA) is 51.0 Å². The lowest BCUT2D eigenvalue weighted by atomic mass is 9.83. The van der Waals surface area contributed by atoms with Gasteiger partial charge in [-0.15, -0.1) is 10.2 Å². The molecule has 1 aromatic carbocycles. The van der Waals surface area contributed by atoms with Crippen molar-refractivity contribution in [1.29, 1.82) is 0 Å². The van der Waals surface area contributed by atoms with Crippen molar-refractivity contribution in [3.05, 3.63) is 47.5 Å². The molecule has 0 spiro atoms. The number of likely N-dealkylation sites (N-methyl/N-ethyl adjacent to an activating group) is 1. The van der Waals surface area contributed by atoms with Crippen molar-refractivity contribution in [2.24, 2.45) is 0 Å². The van der Waals surface area contributed by atoms with E-state index < -0.39 is 5.41 Å². The molecule has 0 aliphatic heterocycles. The SMILES string of the molecule is CN(CCn1cnnc1)C(=O)C(C)(C)c1ccccc1Cl. The van der Waals surface area contributed by atoms with Gasteiger partial charge in [0.05, 0.1) is 5.41 Å². The molecule has 0 atom stereocenters. The summed E-state index contributed by atoms with van der Waals surface area (Å²) in [4.78, 5) is 14.4. The second kappa shape index (κ2) is 6.26. The Hall–Kier alpha value is -1.88. The van der Waals surface area contributed by atoms with E-state index in [0.29, 0.717) is 18.1 Å². The van der Waals surface area contributed by atoms with Crippen LogP contribution in [0.15, 0.2) is 36.9 Å². The third kappa shape index (κ3) is 3.42. The van der Waals surface area contributed by atoms with Gasteiger partial charge in [-0.2, -0.15) is 0 Å². The largest absolute Gasteiger partial charge is 0.343 e. The molecule has 2 aromatic rings. The van der Waals surface area contributed by atoms with Crippen molar-refractivity contribution >= 4 is 17.5 Å². The fourth-order valence-corrected chi connectivity index (χ4v) is 2.64. The Morgan fingerprint density at radius 2 is 1.90 bits per heavy atom. The average molecular weight is 307 g/mol. The van der Waals surface area contributed by atoms with Gasteiger partial charge in [0.15, 0.2) is 0 Å². The van der Waals surface area contributed by atoms with Crippen LogP contribution in [0.5, 0.6) is 0 Å². The van der Waals surface area contributed by atoms with Gasteiger partial charge in [0, 0.05) is 25.2 Å². The van der Waals surface area contributed by atoms with Crippen molar-refractivity contribution in [3.8, 4) is 0 Å². The minimum absolute atomic E-state index is 0.0312. The molecule has 1 amide bonds. The van der Waals surface area contributed by atoms with Gasteiger partial charge < -0.3 is 9.47 Å². The van der Waals surface area contributed by atoms with E-state index in [1.807, 2.05) is 42.7 Å². The molecule has 21 heavy (non-hydrogen) atoms. The molecule has 0 bridgehead atoms. The lowest BCUT2D eigenvalue weighted by Crippen LogP contribution is -2.42. The van der Waals surface area contributed by atoms with Crippen LogP contribution in [0, 0.1) is 0 Å². The first kappa shape index (κ1) is 15.5. The number of rotatable bonds is 5. The third-order valence-corrected chi connectivity index (χ3v) is 3.92. The number of carbonyl (C=O) groups is 1. The van der Waals surface area contributed by atoms with E-state index in [9.17, 15) is 4.79 Å². The molecule has 0 saturated carbocycles. The summed E-state index contributed by atoms with van der Waals surface area (Å²) in [5, 5.41) is 8.10. The van der Waals surface area contributed by atoms with Crippen LogP contribution in [0.2, 0.25) is 5.02 Å². The van der Waals surface area contributed by atoms with Gasteiger partial charge in [-0.05, 0) is 25.5 Å². The highest BCUT2D eigenvalue weighted by molar-refractivity contribution is 6.31. The summed E-state index contributed by atoms with van der Waals surface area (Å²) in [6, 6.07) is 7.46. The van der Waals surface area contributed by atoms with Crippen LogP contribution in [-0.2, 0) is 16.8 Å². The van der Waals surface area contributed by atoms with Crippen LogP contribution < -0.4 is 0 Å². The normalized spacial score (nSPS) is 11.4. The minimum atomic E-state index is -0.666. The molecule has 5 nitrogen and oxygen atoms in total. The van der Waals surface area contributed by atoms with Crippen LogP contribution in [-0.4, -0.2) is 39.2 Å². The van der Waals surface area contributed by atoms with E-state index in [2.05, 4.69) is 10.2 Å². The molecule has 0 aliphatic rings. The maximum absolute atomic E-state index is 12.7. The Kier molecular flexibility index (Phi) is 4.63. The summed E-state index contributed by atoms with van der Waals surface area (Å²) < 4.78 is 1.84. The number of halogens is 1. The summed E-state index contributed by atoms with van der Waals surface area (Å²) in [7, 11) is 1.80. The molecule has 0 N–H and O–H groups in total. The molecule has 0 unspecified atom stereocenters. The molecule has 1 aromatic heterocycles. The van der Waals surface area contributed by atoms with Crippen molar-refractivity contribution in [1.82, 2.24) is 19.7 Å². The summed E-state index contributed by atoms with van der Waals surface area (Å²) in [5.41, 5.74) is 0.174. The van der Waals surface area contributed by atoms with Gasteiger partial charge in [0.2, 0.25) is 5.91 Å². The smallest absolute Gasteiger partial charge is 0.232 e. The van der Waals surface area contributed by atoms with Gasteiger partial charge >= 0.3 is 0 Å². The van der Waals surface area contributed by atoms with Gasteiger partial charge in [0.25, 0.3) is 0 Å². The Morgan fingerprint density at radius 1 is 1.29 bits per heavy atom. The first-order valence-corrected chi connectivity index (χ1v) is 7.13. The molecule has 112 valence electrons. The first-order chi connectivity index (χ1) is 9.93. The van der Waals surface area contributed by atoms with Crippen molar-refractivity contribution in [3.63, 3.8) is 0 Å². The molecule has 0 saturated heterocycles. The molecule has 1 heterocycles. The zero-order valence-corrected chi connectivity index (χ0v) is 13.2. The van der Waals surface area contributed by atoms with Crippen LogP contribution in [0.4, 0.5) is 0 Å². The highest BCUT2D eigenvalue weighted by Crippen LogP contribution is 2.31. The van der Waals surface area contributed by atoms with Gasteiger partial charge in [-0.1, -0.05) is 29.8 Å². The first-order valence-electron chi connectivity index (χ1n) is 6.76. The van der Waals surface area contributed by atoms with Gasteiger partial charge in [-0.25, -0.2) is 0 Å². The van der Waals surface area contributed by atoms with E-state index in [4.69, 9.17) is 11.6 Å². The number of aromatic nitrogens is 3. The number of benzene rings is 1. The van der Waals surface area contributed by atoms with Crippen LogP contribution in [0.1, 0.15) is 19.4 Å². The number of hydrogen-bond acceptors (Lipinski definition) is 3. The molecule has 0 aliphatic carbocycles. The van der Waals surface area contributed by atoms with Crippen molar-refractivity contribution < 1.29 is 4.79 Å². The second-order valence-electron chi connectivity index (χ2n) is 5.53. The number of hydrogen-bond donors (Lipinski definition) is 0. The molecular weight excluding hydrogens is 288 g/mol. The van der Waals surface area contributed by atoms with E-state index in [1.54, 1.807) is 24.6 Å². The lowest BCUT2D eigenvalue weighted by Gasteiger charge is -2.30. The number of amides is 1. The highest BCUT2D eigenvalue weighted by Gasteiger charge is 2.33. The third-order valence-electron chi connectivity index (χ3n) is 3.59. The fourth-order valence-electron chi connectivity index (χ4n) is 2.27. The summed E-state index contributed by atoms with van der Waals surface area (Å²) in [5.74, 6) is 0.0312. The quantitative estimate of drug-likeness (QED) is 0.852. The van der Waals surface area contributed by atoms with Crippen molar-refractivity contribution in [2.75, 3.05) is 13.6 Å². The maximum atomic E-state index is 12.7. The standard InChI is InChI=1S/C15H19ClN4O/c1-15(2,12-6-4-5-7-13(12)16)14(21)19(3)8-9-20-10-17-18-11-20/h4-7,10-11H,8-9H2,1-3H3. The number of carbonyl (C=O) groups excluding carboxylic acids is 1. The summed E-state index contributed by atoms with van der Waals surface area (Å²) in [6.07, 6.45) is 3.27. The summed E-state index contributed by atoms with van der Waals surface area (Å²) in [6.45, 7) is 5.04. The lowest BCUT2D eigenvalue weighted by molar-refractivity contribution is -0.135. The Labute approximate surface area is 129 Å². The zero-order valence-electron chi connectivity index (χ0n) is 12.5. The molecule has 0 fully saturated rings. The molecule has 6 heteroatoms. The Balaban J connectivity index is 2.08. The van der Waals surface area contributed by atoms with Crippen LogP contribution in [0.3, 0.4) is 0 Å². The van der Waals surface area contributed by atoms with Crippen LogP contribution in [0.25, 0.3) is 0 Å². The van der Waals surface area contributed by atoms with Crippen molar-refractivity contribution in [2.45, 2.75) is 25.8 Å². The number of nitrogens with zero attached hydrogens (tertiary/aromatic N) is 4. The zero-order chi connectivity index (χ0) is 15.5. The van der Waals surface area contributed by atoms with Gasteiger partial charge in [0.1, 0.15) is 12.7 Å². The van der Waals surface area contributed by atoms with E-state index in [-0.39, 0.29) is 5.91 Å².